The molecule has 5 rings (SSSR count). The van der Waals surface area contributed by atoms with Crippen molar-refractivity contribution in [2.45, 2.75) is 32.3 Å². The SMILES string of the molecule is Cc1cc(OCc2cccc(F)c2)ccc1NC(=O)c1nnn(-c2ccc(F)cc2)c1C1CC1. The summed E-state index contributed by atoms with van der Waals surface area (Å²) in [5, 5.41) is 11.2. The number of halogens is 2. The van der Waals surface area contributed by atoms with E-state index >= 15 is 0 Å². The van der Waals surface area contributed by atoms with E-state index in [4.69, 9.17) is 4.74 Å². The number of ether oxygens (including phenoxy) is 1. The molecule has 1 aliphatic rings. The lowest BCUT2D eigenvalue weighted by atomic mass is 10.1. The molecule has 1 N–H and O–H groups in total. The van der Waals surface area contributed by atoms with Crippen LogP contribution in [0, 0.1) is 18.6 Å². The third-order valence-corrected chi connectivity index (χ3v) is 5.70. The Labute approximate surface area is 195 Å². The third kappa shape index (κ3) is 4.66. The van der Waals surface area contributed by atoms with E-state index in [1.807, 2.05) is 13.0 Å². The molecule has 1 saturated carbocycles. The van der Waals surface area contributed by atoms with Crippen LogP contribution in [-0.2, 0) is 6.61 Å². The van der Waals surface area contributed by atoms with Gasteiger partial charge in [0, 0.05) is 11.6 Å². The molecular formula is C26H22F2N4O2. The summed E-state index contributed by atoms with van der Waals surface area (Å²) in [5.74, 6) is -0.195. The Morgan fingerprint density at radius 3 is 2.56 bits per heavy atom. The first-order valence-corrected chi connectivity index (χ1v) is 11.0. The van der Waals surface area contributed by atoms with E-state index in [0.717, 1.165) is 29.7 Å². The molecule has 0 saturated heterocycles. The minimum atomic E-state index is -0.355. The van der Waals surface area contributed by atoms with Crippen molar-refractivity contribution in [3.8, 4) is 11.4 Å². The molecule has 8 heteroatoms. The summed E-state index contributed by atoms with van der Waals surface area (Å²) < 4.78 is 34.1. The largest absolute Gasteiger partial charge is 0.489 e. The Bertz CT molecular complexity index is 1350. The van der Waals surface area contributed by atoms with Crippen LogP contribution >= 0.6 is 0 Å². The molecule has 0 bridgehead atoms. The van der Waals surface area contributed by atoms with E-state index in [1.165, 1.54) is 24.3 Å². The van der Waals surface area contributed by atoms with Crippen LogP contribution in [0.4, 0.5) is 14.5 Å². The van der Waals surface area contributed by atoms with Crippen LogP contribution in [0.15, 0.2) is 66.7 Å². The molecule has 6 nitrogen and oxygen atoms in total. The first-order valence-electron chi connectivity index (χ1n) is 11.0. The number of rotatable bonds is 7. The van der Waals surface area contributed by atoms with Crippen molar-refractivity contribution < 1.29 is 18.3 Å². The first-order chi connectivity index (χ1) is 16.5. The monoisotopic (exact) mass is 460 g/mol. The zero-order valence-electron chi connectivity index (χ0n) is 18.5. The molecule has 1 aliphatic carbocycles. The maximum Gasteiger partial charge on any atom is 0.278 e. The number of aromatic nitrogens is 3. The van der Waals surface area contributed by atoms with Crippen LogP contribution < -0.4 is 10.1 Å². The van der Waals surface area contributed by atoms with E-state index in [0.29, 0.717) is 17.1 Å². The Morgan fingerprint density at radius 1 is 1.06 bits per heavy atom. The second-order valence-electron chi connectivity index (χ2n) is 8.34. The zero-order valence-corrected chi connectivity index (χ0v) is 18.5. The molecule has 1 amide bonds. The van der Waals surface area contributed by atoms with Gasteiger partial charge in [-0.15, -0.1) is 5.10 Å². The van der Waals surface area contributed by atoms with Gasteiger partial charge in [-0.05, 0) is 85.5 Å². The third-order valence-electron chi connectivity index (χ3n) is 5.70. The fourth-order valence-corrected chi connectivity index (χ4v) is 3.79. The molecule has 0 unspecified atom stereocenters. The number of hydrogen-bond donors (Lipinski definition) is 1. The van der Waals surface area contributed by atoms with E-state index in [2.05, 4.69) is 15.6 Å². The predicted octanol–water partition coefficient (Wildman–Crippen LogP) is 5.56. The summed E-state index contributed by atoms with van der Waals surface area (Å²) in [7, 11) is 0. The fraction of sp³-hybridized carbons (Fsp3) is 0.192. The van der Waals surface area contributed by atoms with Crippen molar-refractivity contribution >= 4 is 11.6 Å². The second-order valence-corrected chi connectivity index (χ2v) is 8.34. The van der Waals surface area contributed by atoms with Crippen molar-refractivity contribution in [2.24, 2.45) is 0 Å². The molecule has 34 heavy (non-hydrogen) atoms. The lowest BCUT2D eigenvalue weighted by Gasteiger charge is -2.12. The molecule has 0 atom stereocenters. The van der Waals surface area contributed by atoms with Gasteiger partial charge in [-0.2, -0.15) is 0 Å². The Balaban J connectivity index is 1.32. The average Bonchev–Trinajstić information content (AvgIpc) is 3.57. The van der Waals surface area contributed by atoms with Crippen LogP contribution in [-0.4, -0.2) is 20.9 Å². The highest BCUT2D eigenvalue weighted by Crippen LogP contribution is 2.42. The summed E-state index contributed by atoms with van der Waals surface area (Å²) in [4.78, 5) is 13.1. The van der Waals surface area contributed by atoms with Gasteiger partial charge < -0.3 is 10.1 Å². The van der Waals surface area contributed by atoms with Gasteiger partial charge in [0.25, 0.3) is 5.91 Å². The molecular weight excluding hydrogens is 438 g/mol. The number of amides is 1. The Hall–Kier alpha value is -4.07. The van der Waals surface area contributed by atoms with E-state index in [-0.39, 0.29) is 35.8 Å². The summed E-state index contributed by atoms with van der Waals surface area (Å²) in [6.07, 6.45) is 1.90. The number of anilines is 1. The van der Waals surface area contributed by atoms with Crippen molar-refractivity contribution in [3.05, 3.63) is 101 Å². The second kappa shape index (κ2) is 9.05. The van der Waals surface area contributed by atoms with Gasteiger partial charge in [-0.25, -0.2) is 13.5 Å². The average molecular weight is 460 g/mol. The van der Waals surface area contributed by atoms with Crippen LogP contribution in [0.5, 0.6) is 5.75 Å². The van der Waals surface area contributed by atoms with Crippen molar-refractivity contribution in [1.29, 1.82) is 0 Å². The van der Waals surface area contributed by atoms with Crippen LogP contribution in [0.25, 0.3) is 5.69 Å². The van der Waals surface area contributed by atoms with Crippen LogP contribution in [0.2, 0.25) is 0 Å². The van der Waals surface area contributed by atoms with Gasteiger partial charge in [0.1, 0.15) is 24.0 Å². The first kappa shape index (κ1) is 21.8. The molecule has 1 heterocycles. The van der Waals surface area contributed by atoms with Gasteiger partial charge in [0.2, 0.25) is 0 Å². The number of aryl methyl sites for hydroxylation is 1. The molecule has 1 fully saturated rings. The number of carbonyl (C=O) groups excluding carboxylic acids is 1. The highest BCUT2D eigenvalue weighted by Gasteiger charge is 2.34. The van der Waals surface area contributed by atoms with Gasteiger partial charge in [0.05, 0.1) is 11.4 Å². The molecule has 0 spiro atoms. The predicted molar refractivity (Wildman–Crippen MR) is 123 cm³/mol. The maximum atomic E-state index is 13.3. The van der Waals surface area contributed by atoms with Gasteiger partial charge in [-0.3, -0.25) is 4.79 Å². The Kier molecular flexibility index (Phi) is 5.79. The minimum absolute atomic E-state index is 0.195. The molecule has 3 aromatic carbocycles. The van der Waals surface area contributed by atoms with Crippen molar-refractivity contribution in [2.75, 3.05) is 5.32 Å². The topological polar surface area (TPSA) is 69.0 Å². The van der Waals surface area contributed by atoms with Gasteiger partial charge >= 0.3 is 0 Å². The van der Waals surface area contributed by atoms with E-state index in [9.17, 15) is 13.6 Å². The highest BCUT2D eigenvalue weighted by atomic mass is 19.1. The number of nitrogens with one attached hydrogen (secondary N) is 1. The van der Waals surface area contributed by atoms with E-state index < -0.39 is 0 Å². The van der Waals surface area contributed by atoms with Crippen LogP contribution in [0.1, 0.15) is 46.1 Å². The van der Waals surface area contributed by atoms with Gasteiger partial charge in [0.15, 0.2) is 5.69 Å². The standard InChI is InChI=1S/C26H22F2N4O2/c1-16-13-22(34-15-17-3-2-4-20(28)14-17)11-12-23(16)29-26(33)24-25(18-5-6-18)32(31-30-24)21-9-7-19(27)8-10-21/h2-4,7-14,18H,5-6,15H2,1H3,(H,29,33). The lowest BCUT2D eigenvalue weighted by molar-refractivity contribution is 0.102. The van der Waals surface area contributed by atoms with Crippen molar-refractivity contribution in [1.82, 2.24) is 15.0 Å². The highest BCUT2D eigenvalue weighted by molar-refractivity contribution is 6.04. The molecule has 0 aliphatic heterocycles. The molecule has 1 aromatic heterocycles. The summed E-state index contributed by atoms with van der Waals surface area (Å²) in [5.41, 5.74) is 3.82. The zero-order chi connectivity index (χ0) is 23.7. The van der Waals surface area contributed by atoms with Crippen molar-refractivity contribution in [3.63, 3.8) is 0 Å². The summed E-state index contributed by atoms with van der Waals surface area (Å²) >= 11 is 0. The number of hydrogen-bond acceptors (Lipinski definition) is 4. The fourth-order valence-electron chi connectivity index (χ4n) is 3.79. The lowest BCUT2D eigenvalue weighted by Crippen LogP contribution is -2.16. The quantitative estimate of drug-likeness (QED) is 0.392. The molecule has 4 aromatic rings. The number of nitrogens with zero attached hydrogens (tertiary/aromatic N) is 3. The van der Waals surface area contributed by atoms with Gasteiger partial charge in [-0.1, -0.05) is 17.3 Å². The molecule has 0 radical (unpaired) electrons. The van der Waals surface area contributed by atoms with E-state index in [1.54, 1.807) is 41.1 Å². The van der Waals surface area contributed by atoms with Crippen LogP contribution in [0.3, 0.4) is 0 Å². The summed E-state index contributed by atoms with van der Waals surface area (Å²) in [6.45, 7) is 2.10. The number of carbonyl (C=O) groups is 1. The number of benzene rings is 3. The maximum absolute atomic E-state index is 13.3. The summed E-state index contributed by atoms with van der Waals surface area (Å²) in [6, 6.07) is 17.5. The normalized spacial score (nSPS) is 13.0. The molecule has 172 valence electrons. The Morgan fingerprint density at radius 2 is 1.85 bits per heavy atom. The smallest absolute Gasteiger partial charge is 0.278 e. The minimum Gasteiger partial charge on any atom is -0.489 e.